The van der Waals surface area contributed by atoms with Crippen molar-refractivity contribution in [3.05, 3.63) is 24.3 Å². The predicted molar refractivity (Wildman–Crippen MR) is 98.0 cm³/mol. The van der Waals surface area contributed by atoms with E-state index in [2.05, 4.69) is 16.0 Å². The zero-order valence-corrected chi connectivity index (χ0v) is 15.2. The molecule has 0 radical (unpaired) electrons. The summed E-state index contributed by atoms with van der Waals surface area (Å²) in [6, 6.07) is 6.80. The van der Waals surface area contributed by atoms with E-state index in [9.17, 15) is 14.4 Å². The van der Waals surface area contributed by atoms with Gasteiger partial charge in [0.15, 0.2) is 0 Å². The number of methoxy groups -OCH3 is 1. The van der Waals surface area contributed by atoms with Crippen LogP contribution in [0.25, 0.3) is 0 Å². The number of amides is 4. The Bertz CT molecular complexity index is 642. The van der Waals surface area contributed by atoms with Gasteiger partial charge >= 0.3 is 6.03 Å². The molecular weight excluding hydrogens is 336 g/mol. The molecule has 4 amide bonds. The van der Waals surface area contributed by atoms with E-state index in [1.165, 1.54) is 0 Å². The van der Waals surface area contributed by atoms with Gasteiger partial charge in [-0.15, -0.1) is 0 Å². The summed E-state index contributed by atoms with van der Waals surface area (Å²) in [5.74, 6) is 0.136. The smallest absolute Gasteiger partial charge is 0.321 e. The first-order valence-electron chi connectivity index (χ1n) is 8.77. The summed E-state index contributed by atoms with van der Waals surface area (Å²) in [5.41, 5.74) is 0.656. The zero-order valence-electron chi connectivity index (χ0n) is 15.2. The van der Waals surface area contributed by atoms with Crippen molar-refractivity contribution in [3.63, 3.8) is 0 Å². The molecule has 0 spiro atoms. The normalized spacial score (nSPS) is 15.2. The number of carbonyl (C=O) groups excluding carboxylic acids is 3. The number of hydrogen-bond donors (Lipinski definition) is 3. The van der Waals surface area contributed by atoms with Crippen LogP contribution in [0, 0.1) is 5.92 Å². The molecule has 0 saturated carbocycles. The molecule has 0 aliphatic carbocycles. The van der Waals surface area contributed by atoms with E-state index in [1.54, 1.807) is 26.2 Å². The summed E-state index contributed by atoms with van der Waals surface area (Å²) in [6.45, 7) is 3.66. The lowest BCUT2D eigenvalue weighted by Gasteiger charge is -2.30. The summed E-state index contributed by atoms with van der Waals surface area (Å²) in [5, 5.41) is 7.71. The molecule has 26 heavy (non-hydrogen) atoms. The van der Waals surface area contributed by atoms with Crippen LogP contribution in [0.2, 0.25) is 0 Å². The van der Waals surface area contributed by atoms with Gasteiger partial charge in [-0.2, -0.15) is 0 Å². The number of urea groups is 1. The monoisotopic (exact) mass is 362 g/mol. The first kappa shape index (κ1) is 19.7. The van der Waals surface area contributed by atoms with Crippen molar-refractivity contribution in [3.8, 4) is 5.75 Å². The molecule has 142 valence electrons. The minimum absolute atomic E-state index is 0.0408. The number of nitrogens with one attached hydrogen (secondary N) is 3. The van der Waals surface area contributed by atoms with Gasteiger partial charge in [-0.25, -0.2) is 4.79 Å². The van der Waals surface area contributed by atoms with Crippen molar-refractivity contribution >= 4 is 23.5 Å². The van der Waals surface area contributed by atoms with Crippen LogP contribution < -0.4 is 20.7 Å². The highest BCUT2D eigenvalue weighted by molar-refractivity contribution is 5.95. The number of piperidine rings is 1. The summed E-state index contributed by atoms with van der Waals surface area (Å²) in [7, 11) is 1.56. The van der Waals surface area contributed by atoms with E-state index in [4.69, 9.17) is 4.74 Å². The molecule has 0 aromatic heterocycles. The Labute approximate surface area is 153 Å². The van der Waals surface area contributed by atoms with Crippen LogP contribution in [0.3, 0.4) is 0 Å². The summed E-state index contributed by atoms with van der Waals surface area (Å²) in [6.07, 6.45) is 1.32. The van der Waals surface area contributed by atoms with Gasteiger partial charge < -0.3 is 15.4 Å². The molecule has 8 heteroatoms. The average Bonchev–Trinajstić information content (AvgIpc) is 2.62. The summed E-state index contributed by atoms with van der Waals surface area (Å²) < 4.78 is 5.24. The van der Waals surface area contributed by atoms with Crippen LogP contribution in [0.4, 0.5) is 10.5 Å². The van der Waals surface area contributed by atoms with Gasteiger partial charge in [-0.1, -0.05) is 12.1 Å². The largest absolute Gasteiger partial charge is 0.495 e. The van der Waals surface area contributed by atoms with E-state index in [1.807, 2.05) is 17.0 Å². The van der Waals surface area contributed by atoms with Gasteiger partial charge in [0, 0.05) is 12.5 Å². The van der Waals surface area contributed by atoms with Crippen LogP contribution >= 0.6 is 0 Å². The predicted octanol–water partition coefficient (Wildman–Crippen LogP) is 1.19. The maximum atomic E-state index is 12.5. The lowest BCUT2D eigenvalue weighted by atomic mass is 9.95. The highest BCUT2D eigenvalue weighted by atomic mass is 16.5. The third-order valence-corrected chi connectivity index (χ3v) is 4.28. The second-order valence-electron chi connectivity index (χ2n) is 6.15. The van der Waals surface area contributed by atoms with Crippen molar-refractivity contribution in [1.29, 1.82) is 0 Å². The molecule has 1 heterocycles. The molecule has 2 rings (SSSR count). The Morgan fingerprint density at radius 3 is 2.54 bits per heavy atom. The van der Waals surface area contributed by atoms with Crippen molar-refractivity contribution in [1.82, 2.24) is 15.5 Å². The van der Waals surface area contributed by atoms with Gasteiger partial charge in [-0.05, 0) is 45.0 Å². The highest BCUT2D eigenvalue weighted by Gasteiger charge is 2.26. The van der Waals surface area contributed by atoms with Crippen molar-refractivity contribution in [2.45, 2.75) is 19.8 Å². The van der Waals surface area contributed by atoms with Gasteiger partial charge in [0.1, 0.15) is 5.75 Å². The van der Waals surface area contributed by atoms with Crippen LogP contribution in [0.5, 0.6) is 5.75 Å². The lowest BCUT2D eigenvalue weighted by Crippen LogP contribution is -2.47. The fourth-order valence-corrected chi connectivity index (χ4v) is 2.91. The van der Waals surface area contributed by atoms with Gasteiger partial charge in [0.05, 0.1) is 19.3 Å². The number of benzene rings is 1. The number of para-hydroxylation sites is 2. The number of carbonyl (C=O) groups is 3. The molecule has 1 saturated heterocycles. The van der Waals surface area contributed by atoms with Crippen molar-refractivity contribution in [2.24, 2.45) is 5.92 Å². The second-order valence-corrected chi connectivity index (χ2v) is 6.15. The Morgan fingerprint density at radius 1 is 1.19 bits per heavy atom. The van der Waals surface area contributed by atoms with Crippen LogP contribution in [0.1, 0.15) is 19.8 Å². The molecule has 1 aromatic carbocycles. The third-order valence-electron chi connectivity index (χ3n) is 4.28. The standard InChI is InChI=1S/C18H26N4O4/c1-3-19-18(25)21-16(23)12-22-10-8-13(9-11-22)17(24)20-14-6-4-5-7-15(14)26-2/h4-7,13H,3,8-12H2,1-2H3,(H,20,24)(H2,19,21,23,25). The molecule has 0 bridgehead atoms. The molecule has 1 aromatic rings. The van der Waals surface area contributed by atoms with Crippen molar-refractivity contribution in [2.75, 3.05) is 38.6 Å². The van der Waals surface area contributed by atoms with Gasteiger partial charge in [-0.3, -0.25) is 19.8 Å². The quantitative estimate of drug-likeness (QED) is 0.706. The lowest BCUT2D eigenvalue weighted by molar-refractivity contribution is -0.122. The minimum atomic E-state index is -0.483. The first-order chi connectivity index (χ1) is 12.5. The van der Waals surface area contributed by atoms with E-state index < -0.39 is 6.03 Å². The summed E-state index contributed by atoms with van der Waals surface area (Å²) in [4.78, 5) is 37.6. The topological polar surface area (TPSA) is 99.8 Å². The van der Waals surface area contributed by atoms with E-state index in [0.29, 0.717) is 43.9 Å². The molecule has 3 N–H and O–H groups in total. The molecule has 8 nitrogen and oxygen atoms in total. The van der Waals surface area contributed by atoms with Crippen LogP contribution in [0.15, 0.2) is 24.3 Å². The van der Waals surface area contributed by atoms with E-state index in [0.717, 1.165) is 0 Å². The van der Waals surface area contributed by atoms with Crippen molar-refractivity contribution < 1.29 is 19.1 Å². The maximum absolute atomic E-state index is 12.5. The Morgan fingerprint density at radius 2 is 1.88 bits per heavy atom. The third kappa shape index (κ3) is 5.73. The number of anilines is 1. The summed E-state index contributed by atoms with van der Waals surface area (Å²) >= 11 is 0. The Hall–Kier alpha value is -2.61. The zero-order chi connectivity index (χ0) is 18.9. The first-order valence-corrected chi connectivity index (χ1v) is 8.77. The minimum Gasteiger partial charge on any atom is -0.495 e. The average molecular weight is 362 g/mol. The van der Waals surface area contributed by atoms with Crippen LogP contribution in [-0.2, 0) is 9.59 Å². The molecule has 1 aliphatic heterocycles. The molecular formula is C18H26N4O4. The number of rotatable bonds is 6. The molecule has 1 fully saturated rings. The number of imide groups is 1. The molecule has 0 atom stereocenters. The Kier molecular flexibility index (Phi) is 7.40. The number of likely N-dealkylation sites (tertiary alicyclic amines) is 1. The van der Waals surface area contributed by atoms with Crippen LogP contribution in [-0.4, -0.2) is 56.0 Å². The molecule has 0 unspecified atom stereocenters. The number of nitrogens with zero attached hydrogens (tertiary/aromatic N) is 1. The van der Waals surface area contributed by atoms with E-state index >= 15 is 0 Å². The highest BCUT2D eigenvalue weighted by Crippen LogP contribution is 2.25. The molecule has 1 aliphatic rings. The number of hydrogen-bond acceptors (Lipinski definition) is 5. The second kappa shape index (κ2) is 9.76. The van der Waals surface area contributed by atoms with Gasteiger partial charge in [0.2, 0.25) is 11.8 Å². The van der Waals surface area contributed by atoms with Gasteiger partial charge in [0.25, 0.3) is 0 Å². The fourth-order valence-electron chi connectivity index (χ4n) is 2.91. The maximum Gasteiger partial charge on any atom is 0.321 e. The van der Waals surface area contributed by atoms with E-state index in [-0.39, 0.29) is 24.3 Å². The Balaban J connectivity index is 1.78. The number of ether oxygens (including phenoxy) is 1. The fraction of sp³-hybridized carbons (Fsp3) is 0.500. The SMILES string of the molecule is CCNC(=O)NC(=O)CN1CCC(C(=O)Nc2ccccc2OC)CC1.